The average Bonchev–Trinajstić information content (AvgIpc) is 2.90. The van der Waals surface area contributed by atoms with Crippen molar-refractivity contribution < 1.29 is 9.59 Å². The maximum absolute atomic E-state index is 13.8. The molecule has 2 heteroatoms. The third-order valence-corrected chi connectivity index (χ3v) is 6.06. The lowest BCUT2D eigenvalue weighted by atomic mass is 9.77. The van der Waals surface area contributed by atoms with Crippen LogP contribution in [0, 0.1) is 17.8 Å². The summed E-state index contributed by atoms with van der Waals surface area (Å²) in [5.74, 6) is 4.75. The third kappa shape index (κ3) is 5.33. The van der Waals surface area contributed by atoms with Gasteiger partial charge in [0.25, 0.3) is 0 Å². The van der Waals surface area contributed by atoms with Gasteiger partial charge in [0.15, 0.2) is 11.6 Å². The minimum atomic E-state index is -0.930. The number of carbonyl (C=O) groups is 2. The summed E-state index contributed by atoms with van der Waals surface area (Å²) in [7, 11) is 0. The Bertz CT molecular complexity index is 1280. The fourth-order valence-electron chi connectivity index (χ4n) is 4.19. The van der Waals surface area contributed by atoms with Crippen molar-refractivity contribution in [1.29, 1.82) is 0 Å². The van der Waals surface area contributed by atoms with Gasteiger partial charge in [-0.15, -0.1) is 5.92 Å². The molecule has 1 unspecified atom stereocenters. The van der Waals surface area contributed by atoms with E-state index in [9.17, 15) is 9.59 Å². The van der Waals surface area contributed by atoms with Crippen LogP contribution >= 0.6 is 0 Å². The van der Waals surface area contributed by atoms with Gasteiger partial charge >= 0.3 is 0 Å². The minimum Gasteiger partial charge on any atom is -0.293 e. The van der Waals surface area contributed by atoms with Gasteiger partial charge in [0.2, 0.25) is 0 Å². The van der Waals surface area contributed by atoms with Crippen LogP contribution in [0.25, 0.3) is 10.8 Å². The molecule has 0 heterocycles. The maximum Gasteiger partial charge on any atom is 0.175 e. The third-order valence-electron chi connectivity index (χ3n) is 6.06. The molecule has 1 atom stereocenters. The number of fused-ring (bicyclic) bond motifs is 1. The zero-order valence-electron chi connectivity index (χ0n) is 19.4. The van der Waals surface area contributed by atoms with Crippen molar-refractivity contribution in [2.45, 2.75) is 32.1 Å². The van der Waals surface area contributed by atoms with Crippen LogP contribution < -0.4 is 0 Å². The molecule has 0 saturated carbocycles. The second kappa shape index (κ2) is 11.3. The van der Waals surface area contributed by atoms with E-state index in [4.69, 9.17) is 0 Å². The molecular weight excluding hydrogens is 416 g/mol. The van der Waals surface area contributed by atoms with E-state index in [-0.39, 0.29) is 11.6 Å². The average molecular weight is 445 g/mol. The highest BCUT2D eigenvalue weighted by atomic mass is 16.2. The Hall–Kier alpha value is -3.96. The molecule has 0 spiro atoms. The zero-order chi connectivity index (χ0) is 23.8. The summed E-state index contributed by atoms with van der Waals surface area (Å²) in [5.41, 5.74) is 1.94. The van der Waals surface area contributed by atoms with Gasteiger partial charge in [-0.1, -0.05) is 116 Å². The number of ketones is 2. The van der Waals surface area contributed by atoms with Gasteiger partial charge in [-0.2, -0.15) is 0 Å². The van der Waals surface area contributed by atoms with Crippen molar-refractivity contribution in [2.24, 2.45) is 5.92 Å². The SMILES string of the molecule is CCCCC#CC(c1ccc2ccccc2c1)C(C(=O)c1ccccc1)C(=O)c1ccccc1. The molecule has 0 aliphatic carbocycles. The van der Waals surface area contributed by atoms with Crippen LogP contribution in [-0.2, 0) is 0 Å². The summed E-state index contributed by atoms with van der Waals surface area (Å²) < 4.78 is 0. The quantitative estimate of drug-likeness (QED) is 0.122. The standard InChI is InChI=1S/C32H28O2/c1-2-3-4-11-20-29(28-22-21-24-14-12-13-19-27(24)23-28)30(31(33)25-15-7-5-8-16-25)32(34)26-17-9-6-10-18-26/h5-10,12-19,21-23,29-30H,2-4H2,1H3. The highest BCUT2D eigenvalue weighted by Gasteiger charge is 2.36. The molecule has 34 heavy (non-hydrogen) atoms. The highest BCUT2D eigenvalue weighted by molar-refractivity contribution is 6.17. The van der Waals surface area contributed by atoms with Gasteiger partial charge in [-0.3, -0.25) is 9.59 Å². The largest absolute Gasteiger partial charge is 0.293 e. The molecule has 0 radical (unpaired) electrons. The second-order valence-corrected chi connectivity index (χ2v) is 8.45. The lowest BCUT2D eigenvalue weighted by Gasteiger charge is -2.22. The summed E-state index contributed by atoms with van der Waals surface area (Å²) in [4.78, 5) is 27.7. The number of hydrogen-bond acceptors (Lipinski definition) is 2. The number of unbranched alkanes of at least 4 members (excludes halogenated alkanes) is 2. The van der Waals surface area contributed by atoms with E-state index in [1.165, 1.54) is 0 Å². The van der Waals surface area contributed by atoms with Gasteiger partial charge < -0.3 is 0 Å². The van der Waals surface area contributed by atoms with E-state index in [0.29, 0.717) is 11.1 Å². The van der Waals surface area contributed by atoms with Crippen molar-refractivity contribution in [2.75, 3.05) is 0 Å². The fraction of sp³-hybridized carbons (Fsp3) is 0.188. The van der Waals surface area contributed by atoms with Crippen molar-refractivity contribution in [3.8, 4) is 11.8 Å². The van der Waals surface area contributed by atoms with Crippen LogP contribution in [0.5, 0.6) is 0 Å². The summed E-state index contributed by atoms with van der Waals surface area (Å²) in [6.45, 7) is 2.13. The summed E-state index contributed by atoms with van der Waals surface area (Å²) in [6, 6.07) is 32.4. The van der Waals surface area contributed by atoms with Crippen LogP contribution in [0.3, 0.4) is 0 Å². The summed E-state index contributed by atoms with van der Waals surface area (Å²) in [5, 5.41) is 2.18. The Kier molecular flexibility index (Phi) is 7.68. The van der Waals surface area contributed by atoms with Gasteiger partial charge in [0.1, 0.15) is 5.92 Å². The van der Waals surface area contributed by atoms with E-state index in [1.54, 1.807) is 24.3 Å². The summed E-state index contributed by atoms with van der Waals surface area (Å²) >= 11 is 0. The van der Waals surface area contributed by atoms with E-state index < -0.39 is 11.8 Å². The van der Waals surface area contributed by atoms with Gasteiger partial charge in [-0.25, -0.2) is 0 Å². The van der Waals surface area contributed by atoms with Crippen molar-refractivity contribution in [3.63, 3.8) is 0 Å². The monoisotopic (exact) mass is 444 g/mol. The smallest absolute Gasteiger partial charge is 0.175 e. The first-order valence-corrected chi connectivity index (χ1v) is 11.8. The molecule has 0 aromatic heterocycles. The first-order valence-electron chi connectivity index (χ1n) is 11.8. The molecular formula is C32H28O2. The van der Waals surface area contributed by atoms with Crippen LogP contribution in [0.2, 0.25) is 0 Å². The first kappa shape index (κ1) is 23.2. The minimum absolute atomic E-state index is 0.197. The van der Waals surface area contributed by atoms with E-state index in [1.807, 2.05) is 66.7 Å². The highest BCUT2D eigenvalue weighted by Crippen LogP contribution is 2.32. The Morgan fingerprint density at radius 1 is 0.706 bits per heavy atom. The first-order chi connectivity index (χ1) is 16.7. The molecule has 4 aromatic carbocycles. The lowest BCUT2D eigenvalue weighted by Crippen LogP contribution is -2.30. The Morgan fingerprint density at radius 3 is 1.85 bits per heavy atom. The zero-order valence-corrected chi connectivity index (χ0v) is 19.4. The Labute approximate surface area is 201 Å². The van der Waals surface area contributed by atoms with Gasteiger partial charge in [0.05, 0.1) is 5.92 Å². The predicted octanol–water partition coefficient (Wildman–Crippen LogP) is 7.50. The molecule has 4 aromatic rings. The van der Waals surface area contributed by atoms with Crippen molar-refractivity contribution in [1.82, 2.24) is 0 Å². The number of Topliss-reactive ketones (excluding diaryl/α,β-unsaturated/α-hetero) is 2. The molecule has 0 amide bonds. The molecule has 0 saturated heterocycles. The molecule has 168 valence electrons. The molecule has 0 fully saturated rings. The lowest BCUT2D eigenvalue weighted by molar-refractivity contribution is 0.0797. The van der Waals surface area contributed by atoms with Gasteiger partial charge in [-0.05, 0) is 28.8 Å². The van der Waals surface area contributed by atoms with E-state index in [0.717, 1.165) is 35.6 Å². The van der Waals surface area contributed by atoms with Crippen LogP contribution in [0.4, 0.5) is 0 Å². The normalized spacial score (nSPS) is 11.6. The molecule has 0 bridgehead atoms. The molecule has 0 N–H and O–H groups in total. The fourth-order valence-corrected chi connectivity index (χ4v) is 4.19. The maximum atomic E-state index is 13.8. The van der Waals surface area contributed by atoms with Crippen molar-refractivity contribution >= 4 is 22.3 Å². The number of rotatable bonds is 8. The van der Waals surface area contributed by atoms with Crippen LogP contribution in [-0.4, -0.2) is 11.6 Å². The predicted molar refractivity (Wildman–Crippen MR) is 139 cm³/mol. The Morgan fingerprint density at radius 2 is 1.26 bits per heavy atom. The van der Waals surface area contributed by atoms with Crippen LogP contribution in [0.15, 0.2) is 103 Å². The molecule has 0 aliphatic rings. The molecule has 0 aliphatic heterocycles. The van der Waals surface area contributed by atoms with E-state index in [2.05, 4.69) is 30.9 Å². The van der Waals surface area contributed by atoms with E-state index >= 15 is 0 Å². The topological polar surface area (TPSA) is 34.1 Å². The molecule has 4 rings (SSSR count). The Balaban J connectivity index is 1.86. The second-order valence-electron chi connectivity index (χ2n) is 8.45. The summed E-state index contributed by atoms with van der Waals surface area (Å²) in [6.07, 6.45) is 2.78. The van der Waals surface area contributed by atoms with Crippen molar-refractivity contribution in [3.05, 3.63) is 120 Å². The van der Waals surface area contributed by atoms with Crippen LogP contribution in [0.1, 0.15) is 58.4 Å². The number of benzene rings is 4. The number of carbonyl (C=O) groups excluding carboxylic acids is 2. The molecule has 2 nitrogen and oxygen atoms in total. The number of hydrogen-bond donors (Lipinski definition) is 0. The van der Waals surface area contributed by atoms with Gasteiger partial charge in [0, 0.05) is 17.5 Å².